The van der Waals surface area contributed by atoms with Crippen molar-refractivity contribution in [3.63, 3.8) is 0 Å². The molecule has 0 aromatic rings. The van der Waals surface area contributed by atoms with Crippen molar-refractivity contribution in [1.82, 2.24) is 0 Å². The van der Waals surface area contributed by atoms with Crippen molar-refractivity contribution < 1.29 is 39.9 Å². The highest BCUT2D eigenvalue weighted by Crippen LogP contribution is 2.38. The zero-order chi connectivity index (χ0) is 14.6. The van der Waals surface area contributed by atoms with Gasteiger partial charge in [-0.3, -0.25) is 4.79 Å². The van der Waals surface area contributed by atoms with E-state index in [0.29, 0.717) is 0 Å². The van der Waals surface area contributed by atoms with Crippen LogP contribution in [0, 0.1) is 0 Å². The van der Waals surface area contributed by atoms with E-state index in [1.54, 1.807) is 0 Å². The summed E-state index contributed by atoms with van der Waals surface area (Å²) >= 11 is 0. The molecule has 108 valence electrons. The number of ether oxygens (including phenoxy) is 1. The fourth-order valence-electron chi connectivity index (χ4n) is 0.880. The molecule has 4 nitrogen and oxygen atoms in total. The Morgan fingerprint density at radius 2 is 1.67 bits per heavy atom. The molecule has 0 aliphatic heterocycles. The maximum Gasteiger partial charge on any atom is 0.453 e. The zero-order valence-corrected chi connectivity index (χ0v) is 10.1. The number of hydrogen-bond donors (Lipinski definition) is 0. The quantitative estimate of drug-likeness (QED) is 0.551. The largest absolute Gasteiger partial charge is 0.465 e. The van der Waals surface area contributed by atoms with Crippen molar-refractivity contribution >= 4 is 15.8 Å². The molecule has 0 radical (unpaired) electrons. The molecule has 0 aromatic carbocycles. The minimum Gasteiger partial charge on any atom is -0.465 e. The van der Waals surface area contributed by atoms with Crippen LogP contribution < -0.4 is 0 Å². The maximum absolute atomic E-state index is 12.4. The lowest BCUT2D eigenvalue weighted by Crippen LogP contribution is -2.38. The SMILES string of the molecule is CCOC(=O)CS(=O)(=O)CCC(F)(F)C(F)(F)F. The van der Waals surface area contributed by atoms with Gasteiger partial charge < -0.3 is 4.74 Å². The molecule has 0 aromatic heterocycles. The Morgan fingerprint density at radius 3 is 2.06 bits per heavy atom. The predicted octanol–water partition coefficient (Wildman–Crippen LogP) is 1.55. The van der Waals surface area contributed by atoms with Crippen molar-refractivity contribution in [2.45, 2.75) is 25.4 Å². The van der Waals surface area contributed by atoms with E-state index in [2.05, 4.69) is 4.74 Å². The van der Waals surface area contributed by atoms with Crippen LogP contribution in [0.25, 0.3) is 0 Å². The highest BCUT2D eigenvalue weighted by atomic mass is 32.2. The van der Waals surface area contributed by atoms with Gasteiger partial charge in [0.2, 0.25) is 0 Å². The number of hydrogen-bond acceptors (Lipinski definition) is 4. The summed E-state index contributed by atoms with van der Waals surface area (Å²) < 4.78 is 86.6. The molecule has 0 fully saturated rings. The minimum atomic E-state index is -5.81. The van der Waals surface area contributed by atoms with Gasteiger partial charge in [-0.15, -0.1) is 0 Å². The molecule has 18 heavy (non-hydrogen) atoms. The Bertz CT molecular complexity index is 387. The smallest absolute Gasteiger partial charge is 0.453 e. The van der Waals surface area contributed by atoms with E-state index in [1.165, 1.54) is 6.92 Å². The Balaban J connectivity index is 4.50. The molecular weight excluding hydrogens is 287 g/mol. The summed E-state index contributed by atoms with van der Waals surface area (Å²) in [7, 11) is -4.35. The number of carbonyl (C=O) groups is 1. The normalized spacial score (nSPS) is 13.4. The van der Waals surface area contributed by atoms with E-state index in [4.69, 9.17) is 0 Å². The van der Waals surface area contributed by atoms with Crippen molar-refractivity contribution in [3.8, 4) is 0 Å². The van der Waals surface area contributed by atoms with Crippen molar-refractivity contribution in [3.05, 3.63) is 0 Å². The Labute approximate surface area is 100 Å². The van der Waals surface area contributed by atoms with Gasteiger partial charge in [0, 0.05) is 6.42 Å². The summed E-state index contributed by atoms with van der Waals surface area (Å²) in [5.41, 5.74) is 0. The van der Waals surface area contributed by atoms with Gasteiger partial charge in [-0.05, 0) is 6.92 Å². The fourth-order valence-corrected chi connectivity index (χ4v) is 2.03. The third-order valence-electron chi connectivity index (χ3n) is 1.78. The summed E-state index contributed by atoms with van der Waals surface area (Å²) in [6, 6.07) is 0. The standard InChI is InChI=1S/C8H11F5O4S/c1-2-17-6(14)5-18(15,16)4-3-7(9,10)8(11,12)13/h2-5H2,1H3. The van der Waals surface area contributed by atoms with Gasteiger partial charge in [0.1, 0.15) is 5.75 Å². The van der Waals surface area contributed by atoms with Gasteiger partial charge in [-0.2, -0.15) is 22.0 Å². The minimum absolute atomic E-state index is 0.118. The second kappa shape index (κ2) is 5.81. The number of esters is 1. The number of carbonyl (C=O) groups excluding carboxylic acids is 1. The van der Waals surface area contributed by atoms with Crippen LogP contribution in [-0.4, -0.2) is 44.6 Å². The van der Waals surface area contributed by atoms with Crippen LogP contribution in [0.5, 0.6) is 0 Å². The molecule has 0 saturated heterocycles. The van der Waals surface area contributed by atoms with Gasteiger partial charge in [-0.1, -0.05) is 0 Å². The van der Waals surface area contributed by atoms with Gasteiger partial charge in [-0.25, -0.2) is 8.42 Å². The van der Waals surface area contributed by atoms with Crippen molar-refractivity contribution in [2.24, 2.45) is 0 Å². The third kappa shape index (κ3) is 5.61. The van der Waals surface area contributed by atoms with Crippen LogP contribution in [0.2, 0.25) is 0 Å². The van der Waals surface area contributed by atoms with Crippen LogP contribution in [0.15, 0.2) is 0 Å². The average molecular weight is 298 g/mol. The van der Waals surface area contributed by atoms with E-state index < -0.39 is 45.8 Å². The Kier molecular flexibility index (Phi) is 5.51. The lowest BCUT2D eigenvalue weighted by molar-refractivity contribution is -0.282. The lowest BCUT2D eigenvalue weighted by Gasteiger charge is -2.19. The first kappa shape index (κ1) is 17.1. The molecule has 0 bridgehead atoms. The van der Waals surface area contributed by atoms with Crippen LogP contribution in [0.1, 0.15) is 13.3 Å². The number of rotatable bonds is 6. The number of alkyl halides is 5. The molecule has 0 N–H and O–H groups in total. The third-order valence-corrected chi connectivity index (χ3v) is 3.29. The summed E-state index contributed by atoms with van der Waals surface area (Å²) in [4.78, 5) is 10.8. The van der Waals surface area contributed by atoms with Gasteiger partial charge in [0.15, 0.2) is 9.84 Å². The maximum atomic E-state index is 12.4. The molecule has 0 aliphatic rings. The molecule has 0 rings (SSSR count). The first-order chi connectivity index (χ1) is 7.91. The number of halogens is 5. The van der Waals surface area contributed by atoms with Crippen LogP contribution >= 0.6 is 0 Å². The van der Waals surface area contributed by atoms with E-state index in [9.17, 15) is 35.2 Å². The van der Waals surface area contributed by atoms with E-state index in [-0.39, 0.29) is 6.61 Å². The van der Waals surface area contributed by atoms with Gasteiger partial charge in [0.05, 0.1) is 12.4 Å². The highest BCUT2D eigenvalue weighted by Gasteiger charge is 2.57. The topological polar surface area (TPSA) is 60.4 Å². The zero-order valence-electron chi connectivity index (χ0n) is 9.26. The first-order valence-electron chi connectivity index (χ1n) is 4.72. The summed E-state index contributed by atoms with van der Waals surface area (Å²) in [5, 5.41) is 0. The predicted molar refractivity (Wildman–Crippen MR) is 50.9 cm³/mol. The molecular formula is C8H11F5O4S. The fraction of sp³-hybridized carbons (Fsp3) is 0.875. The molecule has 0 atom stereocenters. The molecule has 0 unspecified atom stereocenters. The molecule has 0 aliphatic carbocycles. The Hall–Kier alpha value is -0.930. The molecule has 0 amide bonds. The van der Waals surface area contributed by atoms with Crippen LogP contribution in [-0.2, 0) is 19.4 Å². The molecule has 0 spiro atoms. The lowest BCUT2D eigenvalue weighted by atomic mass is 10.2. The van der Waals surface area contributed by atoms with E-state index in [0.717, 1.165) is 0 Å². The summed E-state index contributed by atoms with van der Waals surface area (Å²) in [5.74, 6) is -8.95. The van der Waals surface area contributed by atoms with E-state index in [1.807, 2.05) is 0 Å². The highest BCUT2D eigenvalue weighted by molar-refractivity contribution is 7.92. The van der Waals surface area contributed by atoms with Gasteiger partial charge >= 0.3 is 18.1 Å². The van der Waals surface area contributed by atoms with Crippen LogP contribution in [0.4, 0.5) is 22.0 Å². The first-order valence-corrected chi connectivity index (χ1v) is 6.54. The van der Waals surface area contributed by atoms with E-state index >= 15 is 0 Å². The molecule has 10 heteroatoms. The van der Waals surface area contributed by atoms with Crippen molar-refractivity contribution in [2.75, 3.05) is 18.1 Å². The number of sulfone groups is 1. The monoisotopic (exact) mass is 298 g/mol. The molecule has 0 saturated carbocycles. The van der Waals surface area contributed by atoms with Crippen molar-refractivity contribution in [1.29, 1.82) is 0 Å². The van der Waals surface area contributed by atoms with Crippen LogP contribution in [0.3, 0.4) is 0 Å². The second-order valence-corrected chi connectivity index (χ2v) is 5.53. The molecule has 0 heterocycles. The summed E-state index contributed by atoms with van der Waals surface area (Å²) in [6.45, 7) is 1.27. The van der Waals surface area contributed by atoms with Gasteiger partial charge in [0.25, 0.3) is 0 Å². The Morgan fingerprint density at radius 1 is 1.17 bits per heavy atom. The average Bonchev–Trinajstić information content (AvgIpc) is 2.13. The second-order valence-electron chi connectivity index (χ2n) is 3.35. The summed E-state index contributed by atoms with van der Waals surface area (Å²) in [6.07, 6.45) is -7.73.